The van der Waals surface area contributed by atoms with Crippen molar-refractivity contribution in [2.45, 2.75) is 26.8 Å². The highest BCUT2D eigenvalue weighted by Gasteiger charge is 2.04. The fraction of sp³-hybridized carbons (Fsp3) is 0.364. The maximum Gasteiger partial charge on any atom is 0.248 e. The quantitative estimate of drug-likeness (QED) is 0.768. The van der Waals surface area contributed by atoms with Crippen molar-refractivity contribution >= 4 is 11.6 Å². The standard InChI is InChI=1S/C11H16N2O/c1-7(2)13-10-6-9(11(12)14)5-4-8(10)3/h4-7,13H,1-3H3,(H2,12,14). The van der Waals surface area contributed by atoms with Crippen LogP contribution >= 0.6 is 0 Å². The topological polar surface area (TPSA) is 55.1 Å². The van der Waals surface area contributed by atoms with Crippen LogP contribution in [-0.4, -0.2) is 11.9 Å². The predicted octanol–water partition coefficient (Wildman–Crippen LogP) is 1.91. The first-order valence-electron chi connectivity index (χ1n) is 4.67. The number of rotatable bonds is 3. The molecule has 1 aromatic rings. The van der Waals surface area contributed by atoms with Crippen LogP contribution in [0.5, 0.6) is 0 Å². The molecule has 3 nitrogen and oxygen atoms in total. The number of hydrogen-bond acceptors (Lipinski definition) is 2. The number of primary amides is 1. The van der Waals surface area contributed by atoms with Crippen molar-refractivity contribution in [3.05, 3.63) is 29.3 Å². The second-order valence-electron chi connectivity index (χ2n) is 3.69. The number of amides is 1. The molecule has 14 heavy (non-hydrogen) atoms. The second kappa shape index (κ2) is 4.13. The van der Waals surface area contributed by atoms with Crippen LogP contribution < -0.4 is 11.1 Å². The van der Waals surface area contributed by atoms with Gasteiger partial charge in [-0.3, -0.25) is 4.79 Å². The van der Waals surface area contributed by atoms with Crippen molar-refractivity contribution < 1.29 is 4.79 Å². The van der Waals surface area contributed by atoms with E-state index in [-0.39, 0.29) is 0 Å². The van der Waals surface area contributed by atoms with E-state index in [2.05, 4.69) is 19.2 Å². The predicted molar refractivity (Wildman–Crippen MR) is 58.5 cm³/mol. The van der Waals surface area contributed by atoms with Gasteiger partial charge >= 0.3 is 0 Å². The lowest BCUT2D eigenvalue weighted by Crippen LogP contribution is -2.14. The molecule has 0 unspecified atom stereocenters. The SMILES string of the molecule is Cc1ccc(C(N)=O)cc1NC(C)C. The third kappa shape index (κ3) is 2.49. The highest BCUT2D eigenvalue weighted by molar-refractivity contribution is 5.94. The Kier molecular flexibility index (Phi) is 3.12. The van der Waals surface area contributed by atoms with Crippen molar-refractivity contribution in [1.29, 1.82) is 0 Å². The molecule has 0 heterocycles. The summed E-state index contributed by atoms with van der Waals surface area (Å²) in [6.07, 6.45) is 0. The molecule has 0 radical (unpaired) electrons. The maximum atomic E-state index is 10.9. The summed E-state index contributed by atoms with van der Waals surface area (Å²) in [5.74, 6) is -0.392. The van der Waals surface area contributed by atoms with Crippen molar-refractivity contribution in [3.63, 3.8) is 0 Å². The number of aryl methyl sites for hydroxylation is 1. The summed E-state index contributed by atoms with van der Waals surface area (Å²) in [5, 5.41) is 3.26. The Bertz CT molecular complexity index is 345. The largest absolute Gasteiger partial charge is 0.383 e. The molecule has 0 fully saturated rings. The monoisotopic (exact) mass is 192 g/mol. The minimum absolute atomic E-state index is 0.344. The molecule has 3 heteroatoms. The number of nitrogens with two attached hydrogens (primary N) is 1. The lowest BCUT2D eigenvalue weighted by Gasteiger charge is -2.13. The normalized spacial score (nSPS) is 10.3. The lowest BCUT2D eigenvalue weighted by atomic mass is 10.1. The van der Waals surface area contributed by atoms with Crippen molar-refractivity contribution in [3.8, 4) is 0 Å². The van der Waals surface area contributed by atoms with Crippen LogP contribution in [0.3, 0.4) is 0 Å². The Morgan fingerprint density at radius 2 is 2.07 bits per heavy atom. The van der Waals surface area contributed by atoms with E-state index in [1.165, 1.54) is 0 Å². The number of carbonyl (C=O) groups excluding carboxylic acids is 1. The van der Waals surface area contributed by atoms with E-state index < -0.39 is 5.91 Å². The molecule has 3 N–H and O–H groups in total. The summed E-state index contributed by atoms with van der Waals surface area (Å²) in [5.41, 5.74) is 7.82. The van der Waals surface area contributed by atoms with Crippen LogP contribution in [0.4, 0.5) is 5.69 Å². The minimum Gasteiger partial charge on any atom is -0.383 e. The maximum absolute atomic E-state index is 10.9. The Balaban J connectivity index is 3.02. The molecule has 0 aliphatic carbocycles. The van der Waals surface area contributed by atoms with Crippen molar-refractivity contribution in [1.82, 2.24) is 0 Å². The Morgan fingerprint density at radius 3 is 2.57 bits per heavy atom. The number of nitrogens with one attached hydrogen (secondary N) is 1. The molecule has 0 aromatic heterocycles. The van der Waals surface area contributed by atoms with Crippen molar-refractivity contribution in [2.24, 2.45) is 5.73 Å². The van der Waals surface area contributed by atoms with Gasteiger partial charge in [0.2, 0.25) is 5.91 Å². The van der Waals surface area contributed by atoms with Gasteiger partial charge in [0.15, 0.2) is 0 Å². The first-order valence-corrected chi connectivity index (χ1v) is 4.67. The van der Waals surface area contributed by atoms with Crippen molar-refractivity contribution in [2.75, 3.05) is 5.32 Å². The van der Waals surface area contributed by atoms with E-state index in [4.69, 9.17) is 5.73 Å². The fourth-order valence-electron chi connectivity index (χ4n) is 1.24. The van der Waals surface area contributed by atoms with Crippen LogP contribution in [-0.2, 0) is 0 Å². The summed E-state index contributed by atoms with van der Waals surface area (Å²) in [6, 6.07) is 5.77. The Hall–Kier alpha value is -1.51. The average molecular weight is 192 g/mol. The lowest BCUT2D eigenvalue weighted by molar-refractivity contribution is 0.100. The van der Waals surface area contributed by atoms with E-state index in [1.54, 1.807) is 12.1 Å². The van der Waals surface area contributed by atoms with E-state index in [1.807, 2.05) is 13.0 Å². The zero-order valence-corrected chi connectivity index (χ0v) is 8.79. The van der Waals surface area contributed by atoms with Gasteiger partial charge < -0.3 is 11.1 Å². The van der Waals surface area contributed by atoms with Crippen LogP contribution in [0.1, 0.15) is 29.8 Å². The van der Waals surface area contributed by atoms with Crippen LogP contribution in [0, 0.1) is 6.92 Å². The molecular weight excluding hydrogens is 176 g/mol. The Labute approximate surface area is 84.3 Å². The van der Waals surface area contributed by atoms with Gasteiger partial charge in [0.05, 0.1) is 0 Å². The van der Waals surface area contributed by atoms with E-state index >= 15 is 0 Å². The average Bonchev–Trinajstić information content (AvgIpc) is 2.07. The Morgan fingerprint density at radius 1 is 1.43 bits per heavy atom. The van der Waals surface area contributed by atoms with E-state index in [0.29, 0.717) is 11.6 Å². The highest BCUT2D eigenvalue weighted by Crippen LogP contribution is 2.17. The molecule has 1 rings (SSSR count). The summed E-state index contributed by atoms with van der Waals surface area (Å²) in [4.78, 5) is 10.9. The first-order chi connectivity index (χ1) is 6.50. The summed E-state index contributed by atoms with van der Waals surface area (Å²) in [7, 11) is 0. The van der Waals surface area contributed by atoms with E-state index in [0.717, 1.165) is 11.3 Å². The molecule has 76 valence electrons. The number of carbonyl (C=O) groups is 1. The molecule has 0 bridgehead atoms. The molecule has 0 aliphatic heterocycles. The molecule has 0 atom stereocenters. The second-order valence-corrected chi connectivity index (χ2v) is 3.69. The molecule has 0 aliphatic rings. The van der Waals surface area contributed by atoms with E-state index in [9.17, 15) is 4.79 Å². The molecule has 0 saturated carbocycles. The third-order valence-corrected chi connectivity index (χ3v) is 1.97. The van der Waals surface area contributed by atoms with Crippen LogP contribution in [0.15, 0.2) is 18.2 Å². The van der Waals surface area contributed by atoms with Crippen LogP contribution in [0.25, 0.3) is 0 Å². The first kappa shape index (κ1) is 10.6. The minimum atomic E-state index is -0.392. The van der Waals surface area contributed by atoms with Gasteiger partial charge in [-0.25, -0.2) is 0 Å². The summed E-state index contributed by atoms with van der Waals surface area (Å²) < 4.78 is 0. The van der Waals surface area contributed by atoms with Gasteiger partial charge in [0, 0.05) is 17.3 Å². The highest BCUT2D eigenvalue weighted by atomic mass is 16.1. The van der Waals surface area contributed by atoms with Gasteiger partial charge in [0.1, 0.15) is 0 Å². The van der Waals surface area contributed by atoms with Gasteiger partial charge in [-0.1, -0.05) is 6.07 Å². The van der Waals surface area contributed by atoms with Crippen LogP contribution in [0.2, 0.25) is 0 Å². The molecule has 0 spiro atoms. The summed E-state index contributed by atoms with van der Waals surface area (Å²) >= 11 is 0. The number of anilines is 1. The number of hydrogen-bond donors (Lipinski definition) is 2. The van der Waals surface area contributed by atoms with Gasteiger partial charge in [0.25, 0.3) is 0 Å². The number of benzene rings is 1. The zero-order valence-electron chi connectivity index (χ0n) is 8.79. The smallest absolute Gasteiger partial charge is 0.248 e. The zero-order chi connectivity index (χ0) is 10.7. The van der Waals surface area contributed by atoms with Gasteiger partial charge in [-0.15, -0.1) is 0 Å². The molecule has 0 saturated heterocycles. The molecule has 1 aromatic carbocycles. The van der Waals surface area contributed by atoms with Gasteiger partial charge in [-0.05, 0) is 38.5 Å². The molecular formula is C11H16N2O. The summed E-state index contributed by atoms with van der Waals surface area (Å²) in [6.45, 7) is 6.10. The molecule has 1 amide bonds. The third-order valence-electron chi connectivity index (χ3n) is 1.97. The van der Waals surface area contributed by atoms with Gasteiger partial charge in [-0.2, -0.15) is 0 Å². The fourth-order valence-corrected chi connectivity index (χ4v) is 1.24.